The van der Waals surface area contributed by atoms with Gasteiger partial charge in [-0.15, -0.1) is 0 Å². The molecule has 0 aliphatic carbocycles. The van der Waals surface area contributed by atoms with Gasteiger partial charge in [-0.25, -0.2) is 0 Å². The predicted octanol–water partition coefficient (Wildman–Crippen LogP) is 3.40. The van der Waals surface area contributed by atoms with Gasteiger partial charge in [0.05, 0.1) is 6.10 Å². The summed E-state index contributed by atoms with van der Waals surface area (Å²) in [4.78, 5) is 11.4. The van der Waals surface area contributed by atoms with Gasteiger partial charge in [-0.3, -0.25) is 4.79 Å². The average Bonchev–Trinajstić information content (AvgIpc) is 2.27. The van der Waals surface area contributed by atoms with E-state index in [-0.39, 0.29) is 18.1 Å². The molecule has 2 N–H and O–H groups in total. The van der Waals surface area contributed by atoms with Crippen molar-refractivity contribution in [3.63, 3.8) is 0 Å². The van der Waals surface area contributed by atoms with Gasteiger partial charge in [0.25, 0.3) is 0 Å². The molecule has 0 aromatic heterocycles. The Bertz CT molecular complexity index is 205. The van der Waals surface area contributed by atoms with E-state index >= 15 is 0 Å². The number of hydrogen-bond donors (Lipinski definition) is 2. The van der Waals surface area contributed by atoms with Crippen molar-refractivity contribution in [3.8, 4) is 0 Å². The SMILES string of the molecule is CCCCCCC[C@H](O)CCCC(=O)NC(C)C. The highest BCUT2D eigenvalue weighted by atomic mass is 16.3. The van der Waals surface area contributed by atoms with Crippen molar-refractivity contribution in [1.82, 2.24) is 5.32 Å². The highest BCUT2D eigenvalue weighted by Gasteiger charge is 2.07. The molecular formula is C15H31NO2. The van der Waals surface area contributed by atoms with Crippen LogP contribution in [0.4, 0.5) is 0 Å². The molecule has 1 amide bonds. The van der Waals surface area contributed by atoms with Gasteiger partial charge in [-0.2, -0.15) is 0 Å². The molecule has 0 aliphatic heterocycles. The van der Waals surface area contributed by atoms with Crippen LogP contribution in [-0.2, 0) is 4.79 Å². The molecule has 0 unspecified atom stereocenters. The Kier molecular flexibility index (Phi) is 11.2. The Labute approximate surface area is 112 Å². The topological polar surface area (TPSA) is 49.3 Å². The van der Waals surface area contributed by atoms with Crippen molar-refractivity contribution >= 4 is 5.91 Å². The number of amides is 1. The maximum atomic E-state index is 11.4. The molecule has 0 heterocycles. The van der Waals surface area contributed by atoms with Gasteiger partial charge in [0, 0.05) is 12.5 Å². The van der Waals surface area contributed by atoms with Crippen LogP contribution in [-0.4, -0.2) is 23.2 Å². The molecule has 18 heavy (non-hydrogen) atoms. The number of rotatable bonds is 11. The van der Waals surface area contributed by atoms with E-state index in [2.05, 4.69) is 12.2 Å². The van der Waals surface area contributed by atoms with Gasteiger partial charge >= 0.3 is 0 Å². The third kappa shape index (κ3) is 11.9. The summed E-state index contributed by atoms with van der Waals surface area (Å²) in [6.07, 6.45) is 8.89. The van der Waals surface area contributed by atoms with Crippen LogP contribution in [0.5, 0.6) is 0 Å². The molecule has 3 nitrogen and oxygen atoms in total. The van der Waals surface area contributed by atoms with E-state index in [9.17, 15) is 9.90 Å². The van der Waals surface area contributed by atoms with Gasteiger partial charge in [-0.05, 0) is 33.1 Å². The number of aliphatic hydroxyl groups is 1. The summed E-state index contributed by atoms with van der Waals surface area (Å²) in [5.74, 6) is 0.0974. The molecular weight excluding hydrogens is 226 g/mol. The zero-order chi connectivity index (χ0) is 13.8. The van der Waals surface area contributed by atoms with E-state index in [1.54, 1.807) is 0 Å². The summed E-state index contributed by atoms with van der Waals surface area (Å²) in [6, 6.07) is 0.209. The fourth-order valence-electron chi connectivity index (χ4n) is 2.02. The first-order valence-electron chi connectivity index (χ1n) is 7.53. The first kappa shape index (κ1) is 17.4. The standard InChI is InChI=1S/C15H31NO2/c1-4-5-6-7-8-10-14(17)11-9-12-15(18)16-13(2)3/h13-14,17H,4-12H2,1-3H3,(H,16,18)/t14-/m0/s1. The van der Waals surface area contributed by atoms with Crippen LogP contribution in [0, 0.1) is 0 Å². The summed E-state index contributed by atoms with van der Waals surface area (Å²) < 4.78 is 0. The lowest BCUT2D eigenvalue weighted by molar-refractivity contribution is -0.121. The van der Waals surface area contributed by atoms with E-state index in [0.717, 1.165) is 25.7 Å². The number of nitrogens with one attached hydrogen (secondary N) is 1. The molecule has 3 heteroatoms. The van der Waals surface area contributed by atoms with Crippen LogP contribution < -0.4 is 5.32 Å². The van der Waals surface area contributed by atoms with Crippen molar-refractivity contribution in [2.75, 3.05) is 0 Å². The van der Waals surface area contributed by atoms with Crippen LogP contribution in [0.3, 0.4) is 0 Å². The fraction of sp³-hybridized carbons (Fsp3) is 0.933. The number of hydrogen-bond acceptors (Lipinski definition) is 2. The first-order valence-corrected chi connectivity index (χ1v) is 7.53. The van der Waals surface area contributed by atoms with Gasteiger partial charge < -0.3 is 10.4 Å². The highest BCUT2D eigenvalue weighted by Crippen LogP contribution is 2.11. The normalized spacial score (nSPS) is 12.7. The predicted molar refractivity (Wildman–Crippen MR) is 76.5 cm³/mol. The molecule has 1 atom stereocenters. The summed E-state index contributed by atoms with van der Waals surface area (Å²) in [7, 11) is 0. The average molecular weight is 257 g/mol. The summed E-state index contributed by atoms with van der Waals surface area (Å²) >= 11 is 0. The van der Waals surface area contributed by atoms with Crippen LogP contribution in [0.15, 0.2) is 0 Å². The first-order chi connectivity index (χ1) is 8.56. The maximum Gasteiger partial charge on any atom is 0.220 e. The molecule has 0 aliphatic rings. The van der Waals surface area contributed by atoms with Crippen molar-refractivity contribution in [1.29, 1.82) is 0 Å². The monoisotopic (exact) mass is 257 g/mol. The molecule has 0 aromatic carbocycles. The minimum absolute atomic E-state index is 0.0974. The van der Waals surface area contributed by atoms with E-state index in [1.165, 1.54) is 25.7 Å². The Hall–Kier alpha value is -0.570. The molecule has 0 saturated carbocycles. The molecule has 0 radical (unpaired) electrons. The second-order valence-electron chi connectivity index (χ2n) is 5.47. The van der Waals surface area contributed by atoms with Crippen LogP contribution in [0.2, 0.25) is 0 Å². The maximum absolute atomic E-state index is 11.4. The van der Waals surface area contributed by atoms with Gasteiger partial charge in [0.1, 0.15) is 0 Å². The lowest BCUT2D eigenvalue weighted by Crippen LogP contribution is -2.29. The third-order valence-electron chi connectivity index (χ3n) is 3.03. The number of carbonyl (C=O) groups excluding carboxylic acids is 1. The van der Waals surface area contributed by atoms with Crippen LogP contribution in [0.25, 0.3) is 0 Å². The van der Waals surface area contributed by atoms with E-state index in [0.29, 0.717) is 6.42 Å². The Morgan fingerprint density at radius 2 is 1.67 bits per heavy atom. The molecule has 0 aromatic rings. The number of aliphatic hydroxyl groups excluding tert-OH is 1. The van der Waals surface area contributed by atoms with Crippen molar-refractivity contribution in [2.45, 2.75) is 90.7 Å². The minimum Gasteiger partial charge on any atom is -0.393 e. The molecule has 0 spiro atoms. The van der Waals surface area contributed by atoms with Gasteiger partial charge in [-0.1, -0.05) is 39.0 Å². The lowest BCUT2D eigenvalue weighted by atomic mass is 10.0. The van der Waals surface area contributed by atoms with Crippen molar-refractivity contribution in [2.24, 2.45) is 0 Å². The van der Waals surface area contributed by atoms with E-state index in [1.807, 2.05) is 13.8 Å². The Balaban J connectivity index is 3.36. The second-order valence-corrected chi connectivity index (χ2v) is 5.47. The molecule has 0 fully saturated rings. The Morgan fingerprint density at radius 1 is 1.06 bits per heavy atom. The lowest BCUT2D eigenvalue weighted by Gasteiger charge is -2.11. The smallest absolute Gasteiger partial charge is 0.220 e. The van der Waals surface area contributed by atoms with Crippen LogP contribution in [0.1, 0.15) is 78.6 Å². The van der Waals surface area contributed by atoms with E-state index in [4.69, 9.17) is 0 Å². The van der Waals surface area contributed by atoms with Crippen molar-refractivity contribution in [3.05, 3.63) is 0 Å². The van der Waals surface area contributed by atoms with Gasteiger partial charge in [0.15, 0.2) is 0 Å². The second kappa shape index (κ2) is 11.5. The quantitative estimate of drug-likeness (QED) is 0.557. The number of carbonyl (C=O) groups is 1. The summed E-state index contributed by atoms with van der Waals surface area (Å²) in [6.45, 7) is 6.13. The minimum atomic E-state index is -0.224. The van der Waals surface area contributed by atoms with Gasteiger partial charge in [0.2, 0.25) is 5.91 Å². The summed E-state index contributed by atoms with van der Waals surface area (Å²) in [5.41, 5.74) is 0. The Morgan fingerprint density at radius 3 is 2.28 bits per heavy atom. The molecule has 0 saturated heterocycles. The van der Waals surface area contributed by atoms with Crippen LogP contribution >= 0.6 is 0 Å². The third-order valence-corrected chi connectivity index (χ3v) is 3.03. The zero-order valence-electron chi connectivity index (χ0n) is 12.4. The zero-order valence-corrected chi connectivity index (χ0v) is 12.4. The molecule has 0 rings (SSSR count). The van der Waals surface area contributed by atoms with Crippen molar-refractivity contribution < 1.29 is 9.90 Å². The largest absolute Gasteiger partial charge is 0.393 e. The summed E-state index contributed by atoms with van der Waals surface area (Å²) in [5, 5.41) is 12.6. The highest BCUT2D eigenvalue weighted by molar-refractivity contribution is 5.76. The molecule has 108 valence electrons. The molecule has 0 bridgehead atoms. The van der Waals surface area contributed by atoms with E-state index < -0.39 is 0 Å². The number of unbranched alkanes of at least 4 members (excludes halogenated alkanes) is 4. The fourth-order valence-corrected chi connectivity index (χ4v) is 2.02.